The molecule has 0 aliphatic carbocycles. The zero-order valence-electron chi connectivity index (χ0n) is 22.3. The van der Waals surface area contributed by atoms with Gasteiger partial charge in [0.15, 0.2) is 0 Å². The number of hydrogen-bond acceptors (Lipinski definition) is 6. The zero-order chi connectivity index (χ0) is 29.1. The van der Waals surface area contributed by atoms with Crippen LogP contribution in [0.2, 0.25) is 0 Å². The normalized spacial score (nSPS) is 10.6. The Bertz CT molecular complexity index is 1510. The molecule has 0 heterocycles. The third kappa shape index (κ3) is 5.61. The molecule has 0 amide bonds. The van der Waals surface area contributed by atoms with Crippen LogP contribution in [-0.2, 0) is 9.59 Å². The molecule has 8 heteroatoms. The third-order valence-corrected chi connectivity index (χ3v) is 6.65. The minimum absolute atomic E-state index is 0.00716. The van der Waals surface area contributed by atoms with Gasteiger partial charge in [-0.25, -0.2) is 9.59 Å². The standard InChI is InChI=1S/C32H26O8/c1-17-5-21(6-18(2)29(17)23-9-25(31(35)36)13-27(11-23)39-15-33)22-7-19(3)30(20(4)8-22)24-10-26(32(37)38)14-28(12-24)40-16-34/h5-16H,1-4H3,(H,35,36)(H,37,38). The van der Waals surface area contributed by atoms with Gasteiger partial charge in [0.2, 0.25) is 0 Å². The van der Waals surface area contributed by atoms with E-state index >= 15 is 0 Å². The highest BCUT2D eigenvalue weighted by Gasteiger charge is 2.17. The molecular formula is C32H26O8. The van der Waals surface area contributed by atoms with Crippen molar-refractivity contribution in [1.82, 2.24) is 0 Å². The van der Waals surface area contributed by atoms with E-state index in [-0.39, 0.29) is 35.6 Å². The van der Waals surface area contributed by atoms with Crippen LogP contribution >= 0.6 is 0 Å². The van der Waals surface area contributed by atoms with E-state index in [1.807, 2.05) is 52.0 Å². The molecule has 0 aliphatic heterocycles. The number of carbonyl (C=O) groups excluding carboxylic acids is 2. The first kappa shape index (κ1) is 27.8. The molecule has 0 aromatic heterocycles. The van der Waals surface area contributed by atoms with Crippen molar-refractivity contribution in [2.45, 2.75) is 27.7 Å². The van der Waals surface area contributed by atoms with Crippen LogP contribution in [0.1, 0.15) is 43.0 Å². The fourth-order valence-corrected chi connectivity index (χ4v) is 5.15. The predicted octanol–water partition coefficient (Wildman–Crippen LogP) is 6.39. The van der Waals surface area contributed by atoms with Gasteiger partial charge in [0.05, 0.1) is 11.1 Å². The molecule has 0 aliphatic rings. The average Bonchev–Trinajstić information content (AvgIpc) is 2.88. The van der Waals surface area contributed by atoms with Crippen LogP contribution < -0.4 is 9.47 Å². The number of aromatic carboxylic acids is 2. The van der Waals surface area contributed by atoms with Crippen molar-refractivity contribution < 1.29 is 38.9 Å². The van der Waals surface area contributed by atoms with E-state index in [0.717, 1.165) is 44.5 Å². The summed E-state index contributed by atoms with van der Waals surface area (Å²) < 4.78 is 9.89. The first-order valence-electron chi connectivity index (χ1n) is 12.2. The fraction of sp³-hybridized carbons (Fsp3) is 0.125. The number of rotatable bonds is 9. The van der Waals surface area contributed by atoms with Crippen LogP contribution in [-0.4, -0.2) is 35.1 Å². The summed E-state index contributed by atoms with van der Waals surface area (Å²) in [7, 11) is 0. The summed E-state index contributed by atoms with van der Waals surface area (Å²) >= 11 is 0. The van der Waals surface area contributed by atoms with Gasteiger partial charge in [0.25, 0.3) is 12.9 Å². The molecule has 0 unspecified atom stereocenters. The molecule has 0 fully saturated rings. The SMILES string of the molecule is Cc1cc(-c2cc(C)c(-c3cc(OC=O)cc(C(=O)O)c3)c(C)c2)cc(C)c1-c1cc(OC=O)cc(C(=O)O)c1. The number of carboxylic acid groups (broad SMARTS) is 2. The van der Waals surface area contributed by atoms with Crippen molar-refractivity contribution in [2.24, 2.45) is 0 Å². The Labute approximate surface area is 230 Å². The van der Waals surface area contributed by atoms with Crippen molar-refractivity contribution >= 4 is 24.9 Å². The highest BCUT2D eigenvalue weighted by molar-refractivity contribution is 5.92. The Morgan fingerprint density at radius 1 is 0.525 bits per heavy atom. The van der Waals surface area contributed by atoms with Crippen molar-refractivity contribution in [3.63, 3.8) is 0 Å². The molecule has 4 aromatic rings. The minimum atomic E-state index is -1.13. The Balaban J connectivity index is 1.80. The van der Waals surface area contributed by atoms with Gasteiger partial charge >= 0.3 is 11.9 Å². The molecule has 0 saturated carbocycles. The Morgan fingerprint density at radius 3 is 1.12 bits per heavy atom. The van der Waals surface area contributed by atoms with Crippen molar-refractivity contribution in [2.75, 3.05) is 0 Å². The second-order valence-electron chi connectivity index (χ2n) is 9.50. The van der Waals surface area contributed by atoms with Gasteiger partial charge in [-0.1, -0.05) is 24.3 Å². The molecule has 2 N–H and O–H groups in total. The number of ether oxygens (including phenoxy) is 2. The number of carboxylic acids is 2. The smallest absolute Gasteiger partial charge is 0.335 e. The molecule has 202 valence electrons. The largest absolute Gasteiger partial charge is 0.478 e. The van der Waals surface area contributed by atoms with Gasteiger partial charge in [-0.05, 0) is 120 Å². The first-order valence-corrected chi connectivity index (χ1v) is 12.2. The second-order valence-corrected chi connectivity index (χ2v) is 9.50. The monoisotopic (exact) mass is 538 g/mol. The van der Waals surface area contributed by atoms with Crippen molar-refractivity contribution in [3.05, 3.63) is 94.0 Å². The van der Waals surface area contributed by atoms with E-state index in [1.54, 1.807) is 24.3 Å². The van der Waals surface area contributed by atoms with E-state index in [9.17, 15) is 29.4 Å². The van der Waals surface area contributed by atoms with Crippen LogP contribution in [0, 0.1) is 27.7 Å². The lowest BCUT2D eigenvalue weighted by atomic mass is 9.87. The lowest BCUT2D eigenvalue weighted by molar-refractivity contribution is -0.121. The van der Waals surface area contributed by atoms with Gasteiger partial charge < -0.3 is 19.7 Å². The van der Waals surface area contributed by atoms with Gasteiger partial charge in [-0.2, -0.15) is 0 Å². The van der Waals surface area contributed by atoms with E-state index in [4.69, 9.17) is 9.47 Å². The van der Waals surface area contributed by atoms with Gasteiger partial charge in [-0.3, -0.25) is 9.59 Å². The summed E-state index contributed by atoms with van der Waals surface area (Å²) in [4.78, 5) is 45.1. The highest BCUT2D eigenvalue weighted by atomic mass is 16.5. The molecule has 4 rings (SSSR count). The molecule has 0 radical (unpaired) electrons. The summed E-state index contributed by atoms with van der Waals surface area (Å²) in [5, 5.41) is 19.1. The topological polar surface area (TPSA) is 127 Å². The van der Waals surface area contributed by atoms with E-state index in [1.165, 1.54) is 12.1 Å². The molecule has 8 nitrogen and oxygen atoms in total. The summed E-state index contributed by atoms with van der Waals surface area (Å²) in [5.41, 5.74) is 8.41. The van der Waals surface area contributed by atoms with Gasteiger partial charge in [-0.15, -0.1) is 0 Å². The number of benzene rings is 4. The fourth-order valence-electron chi connectivity index (χ4n) is 5.15. The maximum absolute atomic E-state index is 11.7. The number of hydrogen-bond donors (Lipinski definition) is 2. The third-order valence-electron chi connectivity index (χ3n) is 6.65. The molecule has 0 atom stereocenters. The molecule has 4 aromatic carbocycles. The molecular weight excluding hydrogens is 512 g/mol. The van der Waals surface area contributed by atoms with Crippen LogP contribution in [0.5, 0.6) is 11.5 Å². The Morgan fingerprint density at radius 2 is 0.850 bits per heavy atom. The lowest BCUT2D eigenvalue weighted by Gasteiger charge is -2.17. The van der Waals surface area contributed by atoms with Gasteiger partial charge in [0.1, 0.15) is 11.5 Å². The lowest BCUT2D eigenvalue weighted by Crippen LogP contribution is -2.00. The van der Waals surface area contributed by atoms with Crippen LogP contribution in [0.3, 0.4) is 0 Å². The van der Waals surface area contributed by atoms with E-state index < -0.39 is 11.9 Å². The minimum Gasteiger partial charge on any atom is -0.478 e. The van der Waals surface area contributed by atoms with Crippen LogP contribution in [0.25, 0.3) is 33.4 Å². The maximum atomic E-state index is 11.7. The summed E-state index contributed by atoms with van der Waals surface area (Å²) in [5.74, 6) is -1.98. The summed E-state index contributed by atoms with van der Waals surface area (Å²) in [6.07, 6.45) is 0. The average molecular weight is 539 g/mol. The van der Waals surface area contributed by atoms with Crippen molar-refractivity contribution in [1.29, 1.82) is 0 Å². The number of carbonyl (C=O) groups is 4. The Kier molecular flexibility index (Phi) is 7.81. The quantitative estimate of drug-likeness (QED) is 0.235. The van der Waals surface area contributed by atoms with Crippen LogP contribution in [0.4, 0.5) is 0 Å². The Hall–Kier alpha value is -5.24. The zero-order valence-corrected chi connectivity index (χ0v) is 22.3. The summed E-state index contributed by atoms with van der Waals surface area (Å²) in [6.45, 7) is 8.24. The molecule has 40 heavy (non-hydrogen) atoms. The predicted molar refractivity (Wildman–Crippen MR) is 149 cm³/mol. The number of aryl methyl sites for hydroxylation is 4. The van der Waals surface area contributed by atoms with E-state index in [0.29, 0.717) is 11.1 Å². The van der Waals surface area contributed by atoms with Gasteiger partial charge in [0, 0.05) is 0 Å². The summed E-state index contributed by atoms with van der Waals surface area (Å²) in [6, 6.07) is 17.0. The molecule has 0 spiro atoms. The van der Waals surface area contributed by atoms with E-state index in [2.05, 4.69) is 0 Å². The first-order chi connectivity index (χ1) is 19.0. The highest BCUT2D eigenvalue weighted by Crippen LogP contribution is 2.38. The molecule has 0 bridgehead atoms. The maximum Gasteiger partial charge on any atom is 0.335 e. The van der Waals surface area contributed by atoms with Crippen molar-refractivity contribution in [3.8, 4) is 44.9 Å². The second kappa shape index (κ2) is 11.2. The molecule has 0 saturated heterocycles. The van der Waals surface area contributed by atoms with Crippen LogP contribution in [0.15, 0.2) is 60.7 Å².